The van der Waals surface area contributed by atoms with Crippen LogP contribution in [0.1, 0.15) is 29.3 Å². The molecule has 0 saturated heterocycles. The number of aliphatic carboxylic acids is 1. The summed E-state index contributed by atoms with van der Waals surface area (Å²) < 4.78 is 0. The Morgan fingerprint density at radius 1 is 1.73 bits per heavy atom. The highest BCUT2D eigenvalue weighted by Gasteiger charge is 2.27. The van der Waals surface area contributed by atoms with Crippen molar-refractivity contribution in [3.8, 4) is 0 Å². The molecule has 4 heteroatoms. The van der Waals surface area contributed by atoms with E-state index in [0.29, 0.717) is 5.92 Å². The van der Waals surface area contributed by atoms with Gasteiger partial charge < -0.3 is 5.11 Å². The average molecular weight is 225 g/mol. The number of aryl methyl sites for hydroxylation is 1. The molecule has 1 fully saturated rings. The second-order valence-corrected chi connectivity index (χ2v) is 5.04. The molecule has 0 amide bonds. The van der Waals surface area contributed by atoms with E-state index in [1.165, 1.54) is 24.2 Å². The molecule has 82 valence electrons. The number of thiophene rings is 1. The number of carboxylic acid groups (broad SMARTS) is 1. The molecule has 0 aliphatic heterocycles. The van der Waals surface area contributed by atoms with Crippen LogP contribution in [-0.4, -0.2) is 17.6 Å². The van der Waals surface area contributed by atoms with Crippen molar-refractivity contribution in [3.05, 3.63) is 21.9 Å². The number of carbonyl (C=O) groups is 1. The molecule has 0 radical (unpaired) electrons. The zero-order valence-corrected chi connectivity index (χ0v) is 9.51. The Kier molecular flexibility index (Phi) is 3.07. The van der Waals surface area contributed by atoms with Gasteiger partial charge >= 0.3 is 5.97 Å². The van der Waals surface area contributed by atoms with Crippen molar-refractivity contribution in [1.82, 2.24) is 5.32 Å². The van der Waals surface area contributed by atoms with Crippen molar-refractivity contribution in [2.45, 2.75) is 25.8 Å². The van der Waals surface area contributed by atoms with Crippen LogP contribution in [0, 0.1) is 12.8 Å². The van der Waals surface area contributed by atoms with Gasteiger partial charge in [0.2, 0.25) is 0 Å². The van der Waals surface area contributed by atoms with Gasteiger partial charge in [0, 0.05) is 4.88 Å². The van der Waals surface area contributed by atoms with Crippen molar-refractivity contribution in [2.75, 3.05) is 6.54 Å². The molecular formula is C11H15NO2S. The summed E-state index contributed by atoms with van der Waals surface area (Å²) in [6, 6.07) is 1.44. The van der Waals surface area contributed by atoms with Crippen LogP contribution in [0.15, 0.2) is 11.4 Å². The summed E-state index contributed by atoms with van der Waals surface area (Å²) in [7, 11) is 0. The fourth-order valence-corrected chi connectivity index (χ4v) is 2.57. The minimum Gasteiger partial charge on any atom is -0.480 e. The van der Waals surface area contributed by atoms with Gasteiger partial charge in [0.1, 0.15) is 6.04 Å². The van der Waals surface area contributed by atoms with Gasteiger partial charge in [-0.1, -0.05) is 0 Å². The highest BCUT2D eigenvalue weighted by atomic mass is 32.1. The lowest BCUT2D eigenvalue weighted by Crippen LogP contribution is -2.29. The summed E-state index contributed by atoms with van der Waals surface area (Å²) in [6.07, 6.45) is 2.48. The molecular weight excluding hydrogens is 210 g/mol. The van der Waals surface area contributed by atoms with E-state index in [-0.39, 0.29) is 0 Å². The normalized spacial score (nSPS) is 17.7. The van der Waals surface area contributed by atoms with Gasteiger partial charge in [0.15, 0.2) is 0 Å². The van der Waals surface area contributed by atoms with Crippen molar-refractivity contribution in [1.29, 1.82) is 0 Å². The zero-order valence-electron chi connectivity index (χ0n) is 8.69. The third kappa shape index (κ3) is 2.58. The average Bonchev–Trinajstić information content (AvgIpc) is 2.91. The van der Waals surface area contributed by atoms with E-state index in [1.54, 1.807) is 0 Å². The van der Waals surface area contributed by atoms with Gasteiger partial charge in [-0.2, -0.15) is 0 Å². The molecule has 0 aromatic carbocycles. The lowest BCUT2D eigenvalue weighted by molar-refractivity contribution is -0.139. The highest BCUT2D eigenvalue weighted by molar-refractivity contribution is 7.10. The molecule has 1 heterocycles. The number of hydrogen-bond donors (Lipinski definition) is 2. The van der Waals surface area contributed by atoms with E-state index in [0.717, 1.165) is 17.0 Å². The fourth-order valence-electron chi connectivity index (χ4n) is 1.58. The third-order valence-corrected chi connectivity index (χ3v) is 3.80. The zero-order chi connectivity index (χ0) is 10.8. The van der Waals surface area contributed by atoms with Crippen molar-refractivity contribution >= 4 is 17.3 Å². The summed E-state index contributed by atoms with van der Waals surface area (Å²) >= 11 is 1.51. The maximum atomic E-state index is 11.1. The lowest BCUT2D eigenvalue weighted by Gasteiger charge is -2.13. The molecule has 1 saturated carbocycles. The molecule has 0 spiro atoms. The van der Waals surface area contributed by atoms with Crippen LogP contribution in [0.4, 0.5) is 0 Å². The molecule has 2 N–H and O–H groups in total. The van der Waals surface area contributed by atoms with Gasteiger partial charge in [-0.15, -0.1) is 11.3 Å². The SMILES string of the molecule is Cc1ccsc1C(NCC1CC1)C(=O)O. The van der Waals surface area contributed by atoms with Crippen LogP contribution in [0.3, 0.4) is 0 Å². The van der Waals surface area contributed by atoms with E-state index in [2.05, 4.69) is 5.32 Å². The Morgan fingerprint density at radius 3 is 2.93 bits per heavy atom. The summed E-state index contributed by atoms with van der Waals surface area (Å²) in [5.74, 6) is -0.0756. The first kappa shape index (κ1) is 10.6. The highest BCUT2D eigenvalue weighted by Crippen LogP contribution is 2.30. The summed E-state index contributed by atoms with van der Waals surface area (Å²) in [6.45, 7) is 2.79. The van der Waals surface area contributed by atoms with E-state index >= 15 is 0 Å². The predicted molar refractivity (Wildman–Crippen MR) is 60.2 cm³/mol. The minimum atomic E-state index is -0.777. The molecule has 2 rings (SSSR count). The Balaban J connectivity index is 2.04. The van der Waals surface area contributed by atoms with Gasteiger partial charge in [-0.05, 0) is 49.2 Å². The summed E-state index contributed by atoms with van der Waals surface area (Å²) in [4.78, 5) is 12.1. The first-order valence-electron chi connectivity index (χ1n) is 5.18. The Bertz CT molecular complexity index is 357. The van der Waals surface area contributed by atoms with Gasteiger partial charge in [-0.25, -0.2) is 0 Å². The number of rotatable bonds is 5. The van der Waals surface area contributed by atoms with Crippen molar-refractivity contribution < 1.29 is 9.90 Å². The smallest absolute Gasteiger partial charge is 0.326 e. The minimum absolute atomic E-state index is 0.523. The second-order valence-electron chi connectivity index (χ2n) is 4.09. The van der Waals surface area contributed by atoms with E-state index < -0.39 is 12.0 Å². The van der Waals surface area contributed by atoms with Crippen molar-refractivity contribution in [2.24, 2.45) is 5.92 Å². The van der Waals surface area contributed by atoms with E-state index in [4.69, 9.17) is 5.11 Å². The molecule has 1 aliphatic rings. The maximum Gasteiger partial charge on any atom is 0.326 e. The van der Waals surface area contributed by atoms with Crippen LogP contribution in [0.2, 0.25) is 0 Å². The molecule has 0 bridgehead atoms. The Labute approximate surface area is 93.1 Å². The largest absolute Gasteiger partial charge is 0.480 e. The van der Waals surface area contributed by atoms with E-state index in [1.807, 2.05) is 18.4 Å². The number of nitrogens with one attached hydrogen (secondary N) is 1. The molecule has 1 aromatic rings. The number of carboxylic acids is 1. The first-order valence-corrected chi connectivity index (χ1v) is 6.06. The monoisotopic (exact) mass is 225 g/mol. The van der Waals surface area contributed by atoms with Crippen LogP contribution < -0.4 is 5.32 Å². The van der Waals surface area contributed by atoms with Crippen molar-refractivity contribution in [3.63, 3.8) is 0 Å². The van der Waals surface area contributed by atoms with Gasteiger partial charge in [0.25, 0.3) is 0 Å². The quantitative estimate of drug-likeness (QED) is 0.807. The Morgan fingerprint density at radius 2 is 2.47 bits per heavy atom. The molecule has 15 heavy (non-hydrogen) atoms. The van der Waals surface area contributed by atoms with Crippen LogP contribution >= 0.6 is 11.3 Å². The standard InChI is InChI=1S/C11H15NO2S/c1-7-4-5-15-10(7)9(11(13)14)12-6-8-2-3-8/h4-5,8-9,12H,2-3,6H2,1H3,(H,13,14). The Hall–Kier alpha value is -0.870. The third-order valence-electron chi connectivity index (χ3n) is 2.72. The van der Waals surface area contributed by atoms with Gasteiger partial charge in [-0.3, -0.25) is 10.1 Å². The summed E-state index contributed by atoms with van der Waals surface area (Å²) in [5, 5.41) is 14.2. The summed E-state index contributed by atoms with van der Waals surface area (Å²) in [5.41, 5.74) is 1.07. The topological polar surface area (TPSA) is 49.3 Å². The second kappa shape index (κ2) is 4.33. The van der Waals surface area contributed by atoms with Crippen LogP contribution in [0.5, 0.6) is 0 Å². The fraction of sp³-hybridized carbons (Fsp3) is 0.545. The van der Waals surface area contributed by atoms with Crippen LogP contribution in [-0.2, 0) is 4.79 Å². The molecule has 1 aliphatic carbocycles. The molecule has 1 atom stereocenters. The molecule has 1 aromatic heterocycles. The predicted octanol–water partition coefficient (Wildman–Crippen LogP) is 2.18. The maximum absolute atomic E-state index is 11.1. The molecule has 3 nitrogen and oxygen atoms in total. The van der Waals surface area contributed by atoms with Crippen LogP contribution in [0.25, 0.3) is 0 Å². The van der Waals surface area contributed by atoms with E-state index in [9.17, 15) is 4.79 Å². The number of hydrogen-bond acceptors (Lipinski definition) is 3. The van der Waals surface area contributed by atoms with Gasteiger partial charge in [0.05, 0.1) is 0 Å². The lowest BCUT2D eigenvalue weighted by atomic mass is 10.1. The first-order chi connectivity index (χ1) is 7.18. The molecule has 1 unspecified atom stereocenters.